The maximum absolute atomic E-state index is 13.8. The van der Waals surface area contributed by atoms with Crippen LogP contribution in [0.15, 0.2) is 18.3 Å². The van der Waals surface area contributed by atoms with Crippen molar-refractivity contribution >= 4 is 29.7 Å². The van der Waals surface area contributed by atoms with Gasteiger partial charge in [0.2, 0.25) is 0 Å². The van der Waals surface area contributed by atoms with Gasteiger partial charge in [0.1, 0.15) is 0 Å². The van der Waals surface area contributed by atoms with Crippen molar-refractivity contribution in [1.82, 2.24) is 4.98 Å². The Morgan fingerprint density at radius 3 is 2.27 bits per heavy atom. The average molecular weight is 387 g/mol. The zero-order chi connectivity index (χ0) is 19.3. The van der Waals surface area contributed by atoms with E-state index in [0.29, 0.717) is 0 Å². The molecule has 1 aliphatic rings. The lowest BCUT2D eigenvalue weighted by Gasteiger charge is -2.39. The Kier molecular flexibility index (Phi) is 6.78. The third kappa shape index (κ3) is 5.32. The Hall–Kier alpha value is -2.36. The maximum atomic E-state index is 13.8. The van der Waals surface area contributed by atoms with Gasteiger partial charge in [0.15, 0.2) is 29.5 Å². The van der Waals surface area contributed by atoms with Gasteiger partial charge in [-0.05, 0) is 12.1 Å². The fraction of sp³-hybridized carbons (Fsp3) is 0.500. The van der Waals surface area contributed by atoms with Gasteiger partial charge in [-0.15, -0.1) is 11.8 Å². The van der Waals surface area contributed by atoms with Gasteiger partial charge in [-0.1, -0.05) is 0 Å². The van der Waals surface area contributed by atoms with Gasteiger partial charge < -0.3 is 18.9 Å². The molecule has 1 saturated heterocycles. The molecule has 0 amide bonds. The van der Waals surface area contributed by atoms with Gasteiger partial charge in [-0.2, -0.15) is 4.39 Å². The van der Waals surface area contributed by atoms with Gasteiger partial charge in [0.05, 0.1) is 0 Å². The molecule has 0 unspecified atom stereocenters. The van der Waals surface area contributed by atoms with E-state index in [1.807, 2.05) is 0 Å². The fourth-order valence-electron chi connectivity index (χ4n) is 2.39. The monoisotopic (exact) mass is 387 g/mol. The summed E-state index contributed by atoms with van der Waals surface area (Å²) in [6.45, 7) is 3.56. The molecular formula is C16H18FNO7S. The minimum Gasteiger partial charge on any atom is -0.471 e. The molecule has 2 heterocycles. The van der Waals surface area contributed by atoms with E-state index < -0.39 is 47.6 Å². The van der Waals surface area contributed by atoms with Crippen LogP contribution in [-0.4, -0.2) is 52.4 Å². The van der Waals surface area contributed by atoms with Crippen LogP contribution in [0.2, 0.25) is 0 Å². The van der Waals surface area contributed by atoms with Crippen molar-refractivity contribution in [2.24, 2.45) is 0 Å². The average Bonchev–Trinajstić information content (AvgIpc) is 2.53. The molecule has 1 aromatic heterocycles. The van der Waals surface area contributed by atoms with Gasteiger partial charge in [-0.25, -0.2) is 4.98 Å². The molecule has 1 fully saturated rings. The number of halogens is 1. The van der Waals surface area contributed by atoms with E-state index in [0.717, 1.165) is 11.8 Å². The fourth-order valence-corrected chi connectivity index (χ4v) is 3.60. The predicted octanol–water partition coefficient (Wildman–Crippen LogP) is 1.47. The Bertz CT molecular complexity index is 686. The summed E-state index contributed by atoms with van der Waals surface area (Å²) in [5.74, 6) is -2.66. The van der Waals surface area contributed by atoms with E-state index in [1.165, 1.54) is 39.1 Å². The third-order valence-electron chi connectivity index (χ3n) is 3.27. The van der Waals surface area contributed by atoms with Crippen LogP contribution in [0.4, 0.5) is 4.39 Å². The van der Waals surface area contributed by atoms with E-state index in [-0.39, 0.29) is 11.5 Å². The van der Waals surface area contributed by atoms with Gasteiger partial charge >= 0.3 is 17.9 Å². The first-order valence-electron chi connectivity index (χ1n) is 7.68. The number of thioether (sulfide) groups is 1. The number of rotatable bonds is 5. The lowest BCUT2D eigenvalue weighted by Crippen LogP contribution is -2.55. The maximum Gasteiger partial charge on any atom is 0.303 e. The SMILES string of the molecule is CC(=O)O[C@@H]1[C@@H](OC(C)=O)[C@@H](Oc2cccnc2F)SC[C@H]1OC(C)=O. The summed E-state index contributed by atoms with van der Waals surface area (Å²) in [4.78, 5) is 37.8. The summed E-state index contributed by atoms with van der Waals surface area (Å²) in [5.41, 5.74) is -0.895. The van der Waals surface area contributed by atoms with Crippen LogP contribution >= 0.6 is 11.8 Å². The van der Waals surface area contributed by atoms with Crippen LogP contribution in [0.25, 0.3) is 0 Å². The molecule has 26 heavy (non-hydrogen) atoms. The van der Waals surface area contributed by atoms with Crippen molar-refractivity contribution < 1.29 is 37.7 Å². The van der Waals surface area contributed by atoms with E-state index >= 15 is 0 Å². The van der Waals surface area contributed by atoms with E-state index in [4.69, 9.17) is 18.9 Å². The molecule has 1 aromatic rings. The number of hydrogen-bond donors (Lipinski definition) is 0. The van der Waals surface area contributed by atoms with Crippen LogP contribution in [0.1, 0.15) is 20.8 Å². The van der Waals surface area contributed by atoms with Crippen LogP contribution in [0.3, 0.4) is 0 Å². The summed E-state index contributed by atoms with van der Waals surface area (Å²) in [5, 5.41) is 0. The summed E-state index contributed by atoms with van der Waals surface area (Å²) in [6.07, 6.45) is -1.78. The second-order valence-electron chi connectivity index (χ2n) is 5.41. The second-order valence-corrected chi connectivity index (χ2v) is 6.54. The highest BCUT2D eigenvalue weighted by Gasteiger charge is 2.47. The van der Waals surface area contributed by atoms with Crippen LogP contribution in [0.5, 0.6) is 5.75 Å². The Labute approximate surface area is 153 Å². The van der Waals surface area contributed by atoms with E-state index in [1.54, 1.807) is 0 Å². The van der Waals surface area contributed by atoms with E-state index in [9.17, 15) is 18.8 Å². The van der Waals surface area contributed by atoms with Gasteiger partial charge in [0, 0.05) is 32.7 Å². The van der Waals surface area contributed by atoms with Crippen molar-refractivity contribution in [3.05, 3.63) is 24.3 Å². The number of hydrogen-bond acceptors (Lipinski definition) is 9. The highest BCUT2D eigenvalue weighted by Crippen LogP contribution is 2.34. The van der Waals surface area contributed by atoms with Crippen molar-refractivity contribution in [1.29, 1.82) is 0 Å². The zero-order valence-corrected chi connectivity index (χ0v) is 15.2. The predicted molar refractivity (Wildman–Crippen MR) is 87.7 cm³/mol. The smallest absolute Gasteiger partial charge is 0.303 e. The minimum absolute atomic E-state index is 0.144. The minimum atomic E-state index is -1.11. The number of carbonyl (C=O) groups excluding carboxylic acids is 3. The quantitative estimate of drug-likeness (QED) is 0.422. The van der Waals surface area contributed by atoms with Crippen LogP contribution in [-0.2, 0) is 28.6 Å². The molecule has 0 aromatic carbocycles. The van der Waals surface area contributed by atoms with Gasteiger partial charge in [-0.3, -0.25) is 14.4 Å². The molecule has 1 aliphatic heterocycles. The lowest BCUT2D eigenvalue weighted by atomic mass is 10.1. The molecule has 10 heteroatoms. The Morgan fingerprint density at radius 1 is 1.08 bits per heavy atom. The second kappa shape index (κ2) is 8.84. The van der Waals surface area contributed by atoms with Crippen molar-refractivity contribution in [3.63, 3.8) is 0 Å². The summed E-state index contributed by atoms with van der Waals surface area (Å²) in [7, 11) is 0. The van der Waals surface area contributed by atoms with Crippen molar-refractivity contribution in [2.45, 2.75) is 44.5 Å². The third-order valence-corrected chi connectivity index (χ3v) is 4.49. The van der Waals surface area contributed by atoms with Crippen molar-refractivity contribution in [3.8, 4) is 5.75 Å². The standard InChI is InChI=1S/C16H18FNO7S/c1-8(19)22-12-7-26-16(25-11-5-4-6-18-15(11)17)14(24-10(3)21)13(12)23-9(2)20/h4-6,12-14,16H,7H2,1-3H3/t12-,13+,14-,16+/m1/s1. The first-order valence-corrected chi connectivity index (χ1v) is 8.73. The summed E-state index contributed by atoms with van der Waals surface area (Å²) < 4.78 is 35.0. The zero-order valence-electron chi connectivity index (χ0n) is 14.3. The lowest BCUT2D eigenvalue weighted by molar-refractivity contribution is -0.186. The molecule has 0 aliphatic carbocycles. The normalized spacial score (nSPS) is 25.1. The first kappa shape index (κ1) is 20.0. The molecular weight excluding hydrogens is 369 g/mol. The summed E-state index contributed by atoms with van der Waals surface area (Å²) >= 11 is 1.14. The number of pyridine rings is 1. The number of nitrogens with zero attached hydrogens (tertiary/aromatic N) is 1. The molecule has 2 rings (SSSR count). The summed E-state index contributed by atoms with van der Waals surface area (Å²) in [6, 6.07) is 2.85. The molecule has 0 N–H and O–H groups in total. The number of aromatic nitrogens is 1. The van der Waals surface area contributed by atoms with E-state index in [2.05, 4.69) is 4.98 Å². The topological polar surface area (TPSA) is 101 Å². The highest BCUT2D eigenvalue weighted by molar-refractivity contribution is 7.99. The Morgan fingerprint density at radius 2 is 1.69 bits per heavy atom. The van der Waals surface area contributed by atoms with Crippen molar-refractivity contribution in [2.75, 3.05) is 5.75 Å². The van der Waals surface area contributed by atoms with Crippen LogP contribution in [0, 0.1) is 5.95 Å². The molecule has 0 saturated carbocycles. The molecule has 142 valence electrons. The molecule has 0 spiro atoms. The number of carbonyl (C=O) groups is 3. The number of ether oxygens (including phenoxy) is 4. The molecule has 4 atom stereocenters. The molecule has 0 bridgehead atoms. The highest BCUT2D eigenvalue weighted by atomic mass is 32.2. The largest absolute Gasteiger partial charge is 0.471 e. The first-order chi connectivity index (χ1) is 12.3. The number of esters is 3. The molecule has 0 radical (unpaired) electrons. The Balaban J connectivity index is 2.29. The van der Waals surface area contributed by atoms with Crippen LogP contribution < -0.4 is 4.74 Å². The van der Waals surface area contributed by atoms with Gasteiger partial charge in [0.25, 0.3) is 5.95 Å². The molecule has 8 nitrogen and oxygen atoms in total.